The molecule has 3 rings (SSSR count). The van der Waals surface area contributed by atoms with Crippen molar-refractivity contribution in [3.05, 3.63) is 52.5 Å². The summed E-state index contributed by atoms with van der Waals surface area (Å²) in [5.41, 5.74) is 0.449. The summed E-state index contributed by atoms with van der Waals surface area (Å²) in [4.78, 5) is 14.4. The molecule has 2 aromatic rings. The van der Waals surface area contributed by atoms with Crippen molar-refractivity contribution in [2.24, 2.45) is 0 Å². The van der Waals surface area contributed by atoms with Gasteiger partial charge in [0.15, 0.2) is 9.84 Å². The average Bonchev–Trinajstić information content (AvgIpc) is 2.60. The Hall–Kier alpha value is -2.06. The Bertz CT molecular complexity index is 921. The van der Waals surface area contributed by atoms with Crippen LogP contribution in [-0.2, 0) is 9.84 Å². The van der Waals surface area contributed by atoms with Gasteiger partial charge in [0, 0.05) is 17.6 Å². The van der Waals surface area contributed by atoms with Gasteiger partial charge < -0.3 is 14.4 Å². The van der Waals surface area contributed by atoms with E-state index in [0.717, 1.165) is 0 Å². The fourth-order valence-corrected chi connectivity index (χ4v) is 4.79. The second-order valence-corrected chi connectivity index (χ2v) is 8.98. The van der Waals surface area contributed by atoms with Crippen molar-refractivity contribution in [1.29, 1.82) is 0 Å². The van der Waals surface area contributed by atoms with Gasteiger partial charge in [-0.3, -0.25) is 4.79 Å². The first-order valence-corrected chi connectivity index (χ1v) is 10.2. The molecule has 8 heteroatoms. The van der Waals surface area contributed by atoms with Gasteiger partial charge in [0.05, 0.1) is 24.7 Å². The number of carbonyl (C=O) groups is 1. The van der Waals surface area contributed by atoms with Crippen LogP contribution in [0.4, 0.5) is 0 Å². The number of methoxy groups -OCH3 is 2. The van der Waals surface area contributed by atoms with Crippen molar-refractivity contribution >= 4 is 31.7 Å². The molecule has 0 radical (unpaired) electrons. The molecule has 0 atom stereocenters. The van der Waals surface area contributed by atoms with Gasteiger partial charge in [-0.2, -0.15) is 0 Å². The summed E-state index contributed by atoms with van der Waals surface area (Å²) in [5, 5.41) is -0.607. The largest absolute Gasteiger partial charge is 0.497 e. The van der Waals surface area contributed by atoms with Gasteiger partial charge in [0.2, 0.25) is 0 Å². The van der Waals surface area contributed by atoms with Gasteiger partial charge in [0.25, 0.3) is 5.91 Å². The molecule has 0 unspecified atom stereocenters. The third-order valence-electron chi connectivity index (χ3n) is 4.37. The summed E-state index contributed by atoms with van der Waals surface area (Å²) >= 11 is 3.35. The molecule has 0 bridgehead atoms. The maximum Gasteiger partial charge on any atom is 0.255 e. The van der Waals surface area contributed by atoms with Crippen molar-refractivity contribution in [2.45, 2.75) is 10.1 Å². The maximum atomic E-state index is 12.7. The van der Waals surface area contributed by atoms with Gasteiger partial charge in [0.1, 0.15) is 16.7 Å². The number of likely N-dealkylation sites (tertiary alicyclic amines) is 1. The zero-order valence-electron chi connectivity index (χ0n) is 14.3. The number of hydrogen-bond acceptors (Lipinski definition) is 5. The average molecular weight is 440 g/mol. The van der Waals surface area contributed by atoms with Gasteiger partial charge in [-0.15, -0.1) is 0 Å². The summed E-state index contributed by atoms with van der Waals surface area (Å²) in [6, 6.07) is 11.4. The number of carbonyl (C=O) groups excluding carboxylic acids is 1. The Morgan fingerprint density at radius 3 is 2.19 bits per heavy atom. The lowest BCUT2D eigenvalue weighted by molar-refractivity contribution is 0.0657. The van der Waals surface area contributed by atoms with Crippen LogP contribution in [0.3, 0.4) is 0 Å². The predicted octanol–water partition coefficient (Wildman–Crippen LogP) is 2.76. The van der Waals surface area contributed by atoms with E-state index < -0.39 is 15.1 Å². The van der Waals surface area contributed by atoms with Crippen LogP contribution < -0.4 is 9.47 Å². The Morgan fingerprint density at radius 1 is 1.04 bits per heavy atom. The molecule has 0 saturated carbocycles. The predicted molar refractivity (Wildman–Crippen MR) is 101 cm³/mol. The van der Waals surface area contributed by atoms with Crippen LogP contribution in [-0.4, -0.2) is 51.8 Å². The summed E-state index contributed by atoms with van der Waals surface area (Å²) in [5.74, 6) is 0.939. The second-order valence-electron chi connectivity index (χ2n) is 5.90. The number of amides is 1. The van der Waals surface area contributed by atoms with E-state index in [2.05, 4.69) is 15.9 Å². The highest BCUT2D eigenvalue weighted by atomic mass is 79.9. The Morgan fingerprint density at radius 2 is 1.62 bits per heavy atom. The van der Waals surface area contributed by atoms with Gasteiger partial charge >= 0.3 is 0 Å². The third kappa shape index (κ3) is 3.43. The molecule has 1 aliphatic heterocycles. The third-order valence-corrected chi connectivity index (χ3v) is 7.16. The zero-order chi connectivity index (χ0) is 18.9. The van der Waals surface area contributed by atoms with Gasteiger partial charge in [-0.05, 0) is 58.4 Å². The summed E-state index contributed by atoms with van der Waals surface area (Å²) in [6.45, 7) is 0.327. The number of nitrogens with zero attached hydrogens (tertiary/aromatic N) is 1. The van der Waals surface area contributed by atoms with Crippen molar-refractivity contribution < 1.29 is 22.7 Å². The van der Waals surface area contributed by atoms with Crippen LogP contribution in [0, 0.1) is 0 Å². The normalized spacial score (nSPS) is 14.7. The topological polar surface area (TPSA) is 72.9 Å². The van der Waals surface area contributed by atoms with Crippen molar-refractivity contribution in [3.8, 4) is 11.5 Å². The minimum absolute atomic E-state index is 0.164. The summed E-state index contributed by atoms with van der Waals surface area (Å²) in [7, 11) is -0.435. The summed E-state index contributed by atoms with van der Waals surface area (Å²) in [6.07, 6.45) is 0. The maximum absolute atomic E-state index is 12.7. The SMILES string of the molecule is COc1ccc(S(=O)(=O)C2CN(C(=O)c3cc(OC)ccc3Br)C2)cc1. The van der Waals surface area contributed by atoms with E-state index in [-0.39, 0.29) is 23.9 Å². The van der Waals surface area contributed by atoms with E-state index in [0.29, 0.717) is 21.5 Å². The lowest BCUT2D eigenvalue weighted by Gasteiger charge is -2.38. The van der Waals surface area contributed by atoms with Gasteiger partial charge in [-0.1, -0.05) is 0 Å². The molecule has 26 heavy (non-hydrogen) atoms. The van der Waals surface area contributed by atoms with E-state index >= 15 is 0 Å². The standard InChI is InChI=1S/C18H18BrNO5S/c1-24-12-3-6-14(7-4-12)26(22,23)15-10-20(11-15)18(21)16-9-13(25-2)5-8-17(16)19/h3-9,15H,10-11H2,1-2H3. The van der Waals surface area contributed by atoms with Crippen molar-refractivity contribution in [1.82, 2.24) is 4.90 Å². The molecule has 0 aromatic heterocycles. The molecule has 0 aliphatic carbocycles. The van der Waals surface area contributed by atoms with E-state index in [4.69, 9.17) is 9.47 Å². The van der Waals surface area contributed by atoms with Crippen LogP contribution in [0.2, 0.25) is 0 Å². The monoisotopic (exact) mass is 439 g/mol. The number of rotatable bonds is 5. The van der Waals surface area contributed by atoms with Crippen molar-refractivity contribution in [3.63, 3.8) is 0 Å². The lowest BCUT2D eigenvalue weighted by atomic mass is 10.1. The highest BCUT2D eigenvalue weighted by molar-refractivity contribution is 9.10. The first-order valence-electron chi connectivity index (χ1n) is 7.87. The molecule has 1 amide bonds. The Kier molecular flexibility index (Phi) is 5.24. The molecule has 1 heterocycles. The summed E-state index contributed by atoms with van der Waals surface area (Å²) < 4.78 is 36.2. The Labute approximate surface area is 160 Å². The molecule has 6 nitrogen and oxygen atoms in total. The molecule has 138 valence electrons. The molecule has 1 aliphatic rings. The highest BCUT2D eigenvalue weighted by Gasteiger charge is 2.41. The minimum Gasteiger partial charge on any atom is -0.497 e. The van der Waals surface area contributed by atoms with Crippen LogP contribution >= 0.6 is 15.9 Å². The zero-order valence-corrected chi connectivity index (χ0v) is 16.7. The molecule has 0 N–H and O–H groups in total. The first kappa shape index (κ1) is 18.7. The number of sulfone groups is 1. The second kappa shape index (κ2) is 7.28. The first-order chi connectivity index (χ1) is 12.4. The molecule has 1 saturated heterocycles. The minimum atomic E-state index is -3.48. The van der Waals surface area contributed by atoms with Crippen LogP contribution in [0.25, 0.3) is 0 Å². The molecular formula is C18H18BrNO5S. The van der Waals surface area contributed by atoms with E-state index in [1.54, 1.807) is 30.3 Å². The van der Waals surface area contributed by atoms with Gasteiger partial charge in [-0.25, -0.2) is 8.42 Å². The molecule has 1 fully saturated rings. The number of benzene rings is 2. The van der Waals surface area contributed by atoms with E-state index in [1.165, 1.54) is 31.3 Å². The molecule has 0 spiro atoms. The van der Waals surface area contributed by atoms with E-state index in [1.807, 2.05) is 0 Å². The molecular weight excluding hydrogens is 422 g/mol. The number of ether oxygens (including phenoxy) is 2. The van der Waals surface area contributed by atoms with E-state index in [9.17, 15) is 13.2 Å². The quantitative estimate of drug-likeness (QED) is 0.715. The lowest BCUT2D eigenvalue weighted by Crippen LogP contribution is -2.56. The smallest absolute Gasteiger partial charge is 0.255 e. The number of hydrogen-bond donors (Lipinski definition) is 0. The highest BCUT2D eigenvalue weighted by Crippen LogP contribution is 2.29. The van der Waals surface area contributed by atoms with Crippen LogP contribution in [0.15, 0.2) is 51.8 Å². The fourth-order valence-electron chi connectivity index (χ4n) is 2.72. The van der Waals surface area contributed by atoms with Crippen LogP contribution in [0.5, 0.6) is 11.5 Å². The Balaban J connectivity index is 1.72. The number of halogens is 1. The fraction of sp³-hybridized carbons (Fsp3) is 0.278. The molecule has 2 aromatic carbocycles. The van der Waals surface area contributed by atoms with Crippen LogP contribution in [0.1, 0.15) is 10.4 Å². The van der Waals surface area contributed by atoms with Crippen molar-refractivity contribution in [2.75, 3.05) is 27.3 Å².